The third kappa shape index (κ3) is 6.16. The second-order valence-corrected chi connectivity index (χ2v) is 13.1. The molecule has 2 aromatic carbocycles. The third-order valence-corrected chi connectivity index (χ3v) is 8.57. The number of aromatic nitrogens is 4. The summed E-state index contributed by atoms with van der Waals surface area (Å²) in [6, 6.07) is 20.9. The molecule has 4 heterocycles. The Labute approximate surface area is 261 Å². The summed E-state index contributed by atoms with van der Waals surface area (Å²) in [6.07, 6.45) is 3.50. The summed E-state index contributed by atoms with van der Waals surface area (Å²) in [4.78, 5) is 37.1. The van der Waals surface area contributed by atoms with Crippen molar-refractivity contribution >= 4 is 46.0 Å². The molecule has 1 aliphatic heterocycles. The molecule has 1 aliphatic rings. The third-order valence-electron chi connectivity index (χ3n) is 7.62. The lowest BCUT2D eigenvalue weighted by atomic mass is 9.92. The molecule has 0 atom stereocenters. The average Bonchev–Trinajstić information content (AvgIpc) is 3.46. The summed E-state index contributed by atoms with van der Waals surface area (Å²) < 4.78 is 1.71. The highest BCUT2D eigenvalue weighted by atomic mass is 32.2. The molecule has 0 bridgehead atoms. The van der Waals surface area contributed by atoms with Crippen molar-refractivity contribution in [3.05, 3.63) is 96.2 Å². The highest BCUT2D eigenvalue weighted by Gasteiger charge is 2.23. The lowest BCUT2D eigenvalue weighted by Gasteiger charge is -2.26. The van der Waals surface area contributed by atoms with Crippen LogP contribution >= 0.6 is 11.8 Å². The first kappa shape index (κ1) is 29.4. The predicted octanol–water partition coefficient (Wildman–Crippen LogP) is 6.92. The summed E-state index contributed by atoms with van der Waals surface area (Å²) in [5, 5.41) is 12.7. The molecule has 44 heavy (non-hydrogen) atoms. The number of amides is 3. The maximum absolute atomic E-state index is 13.4. The maximum Gasteiger partial charge on any atom is 0.324 e. The molecule has 0 radical (unpaired) electrons. The van der Waals surface area contributed by atoms with E-state index >= 15 is 0 Å². The maximum atomic E-state index is 13.4. The number of hydrogen-bond acceptors (Lipinski definition) is 6. The van der Waals surface area contributed by atoms with E-state index in [-0.39, 0.29) is 17.4 Å². The lowest BCUT2D eigenvalue weighted by Crippen LogP contribution is -2.38. The van der Waals surface area contributed by atoms with Gasteiger partial charge in [0.1, 0.15) is 11.5 Å². The van der Waals surface area contributed by atoms with Crippen molar-refractivity contribution in [2.45, 2.75) is 33.1 Å². The molecule has 1 saturated heterocycles. The van der Waals surface area contributed by atoms with Gasteiger partial charge in [-0.1, -0.05) is 57.2 Å². The van der Waals surface area contributed by atoms with Crippen molar-refractivity contribution in [3.8, 4) is 16.8 Å². The average molecular weight is 606 g/mol. The van der Waals surface area contributed by atoms with Crippen molar-refractivity contribution in [1.29, 1.82) is 0 Å². The zero-order chi connectivity index (χ0) is 30.8. The van der Waals surface area contributed by atoms with E-state index in [9.17, 15) is 9.59 Å². The van der Waals surface area contributed by atoms with Crippen molar-refractivity contribution in [2.75, 3.05) is 35.2 Å². The normalized spacial score (nSPS) is 13.6. The van der Waals surface area contributed by atoms with Gasteiger partial charge in [0.15, 0.2) is 0 Å². The summed E-state index contributed by atoms with van der Waals surface area (Å²) in [6.45, 7) is 9.68. The van der Waals surface area contributed by atoms with Crippen LogP contribution < -0.4 is 10.6 Å². The molecule has 0 spiro atoms. The van der Waals surface area contributed by atoms with Crippen molar-refractivity contribution in [2.24, 2.45) is 0 Å². The molecule has 10 heteroatoms. The highest BCUT2D eigenvalue weighted by Crippen LogP contribution is 2.34. The number of urea groups is 1. The first-order chi connectivity index (χ1) is 21.2. The molecule has 6 rings (SSSR count). The number of nitrogens with one attached hydrogen (secondary N) is 2. The molecule has 9 nitrogen and oxygen atoms in total. The van der Waals surface area contributed by atoms with E-state index in [1.165, 1.54) is 0 Å². The number of fused-ring (bicyclic) bond motifs is 1. The second kappa shape index (κ2) is 12.1. The Bertz CT molecular complexity index is 1820. The Hall–Kier alpha value is -4.70. The topological polar surface area (TPSA) is 105 Å². The Kier molecular flexibility index (Phi) is 8.09. The van der Waals surface area contributed by atoms with Crippen molar-refractivity contribution in [1.82, 2.24) is 24.6 Å². The molecule has 0 saturated carbocycles. The van der Waals surface area contributed by atoms with Gasteiger partial charge < -0.3 is 10.2 Å². The summed E-state index contributed by atoms with van der Waals surface area (Å²) in [5.41, 5.74) is 5.28. The van der Waals surface area contributed by atoms with Crippen LogP contribution in [0, 0.1) is 6.92 Å². The van der Waals surface area contributed by atoms with Crippen LogP contribution in [0.25, 0.3) is 27.6 Å². The number of aryl methyl sites for hydroxylation is 1. The minimum absolute atomic E-state index is 0.0260. The number of thioether (sulfide) groups is 1. The quantitative estimate of drug-likeness (QED) is 0.225. The zero-order valence-electron chi connectivity index (χ0n) is 25.3. The van der Waals surface area contributed by atoms with Crippen LogP contribution in [0.4, 0.5) is 16.3 Å². The smallest absolute Gasteiger partial charge is 0.324 e. The first-order valence-electron chi connectivity index (χ1n) is 14.6. The number of pyridine rings is 2. The summed E-state index contributed by atoms with van der Waals surface area (Å²) in [7, 11) is 0. The van der Waals surface area contributed by atoms with Gasteiger partial charge in [-0.25, -0.2) is 9.48 Å². The van der Waals surface area contributed by atoms with Crippen molar-refractivity contribution in [3.63, 3.8) is 0 Å². The molecule has 1 fully saturated rings. The van der Waals surface area contributed by atoms with Crippen LogP contribution in [0.2, 0.25) is 0 Å². The Morgan fingerprint density at radius 2 is 1.64 bits per heavy atom. The van der Waals surface area contributed by atoms with Gasteiger partial charge in [0, 0.05) is 58.9 Å². The van der Waals surface area contributed by atoms with Crippen molar-refractivity contribution < 1.29 is 9.59 Å². The summed E-state index contributed by atoms with van der Waals surface area (Å²) >= 11 is 1.87. The molecule has 3 amide bonds. The fraction of sp³-hybridized carbons (Fsp3) is 0.265. The van der Waals surface area contributed by atoms with Gasteiger partial charge in [0.05, 0.1) is 23.3 Å². The SMILES string of the molecule is Cc1ccc(-n2nc(C(C)(C)C)cc2NC(=O)Nc2ccc(-c3ccc(C(=O)N4CCSCC4)nc3)c3ccccc23)cn1. The Morgan fingerprint density at radius 3 is 2.32 bits per heavy atom. The fourth-order valence-electron chi connectivity index (χ4n) is 5.16. The van der Waals surface area contributed by atoms with Crippen LogP contribution in [0.15, 0.2) is 79.1 Å². The van der Waals surface area contributed by atoms with E-state index in [1.807, 2.05) is 84.2 Å². The van der Waals surface area contributed by atoms with Gasteiger partial charge in [-0.3, -0.25) is 20.1 Å². The number of carbonyl (C=O) groups excluding carboxylic acids is 2. The molecule has 0 unspecified atom stereocenters. The van der Waals surface area contributed by atoms with Gasteiger partial charge in [0.2, 0.25) is 0 Å². The van der Waals surface area contributed by atoms with Gasteiger partial charge in [0.25, 0.3) is 5.91 Å². The van der Waals surface area contributed by atoms with Crippen LogP contribution in [0.3, 0.4) is 0 Å². The number of benzene rings is 2. The molecular formula is C34H35N7O2S. The number of nitrogens with zero attached hydrogens (tertiary/aromatic N) is 5. The fourth-order valence-corrected chi connectivity index (χ4v) is 6.06. The second-order valence-electron chi connectivity index (χ2n) is 11.9. The van der Waals surface area contributed by atoms with E-state index in [0.29, 0.717) is 17.2 Å². The molecule has 2 N–H and O–H groups in total. The molecular weight excluding hydrogens is 570 g/mol. The van der Waals surface area contributed by atoms with E-state index < -0.39 is 0 Å². The van der Waals surface area contributed by atoms with E-state index in [0.717, 1.165) is 63.6 Å². The van der Waals surface area contributed by atoms with Gasteiger partial charge in [-0.15, -0.1) is 0 Å². The highest BCUT2D eigenvalue weighted by molar-refractivity contribution is 7.99. The molecule has 3 aromatic heterocycles. The minimum atomic E-state index is -0.384. The summed E-state index contributed by atoms with van der Waals surface area (Å²) in [5.74, 6) is 2.44. The van der Waals surface area contributed by atoms with E-state index in [2.05, 4.69) is 41.4 Å². The number of hydrogen-bond donors (Lipinski definition) is 2. The standard InChI is InChI=1S/C34H35N7O2S/c1-22-9-11-24(21-35-22)41-31(19-30(39-41)34(2,3)4)38-33(43)37-28-14-12-25(26-7-5-6-8-27(26)28)23-10-13-29(36-20-23)32(42)40-15-17-44-18-16-40/h5-14,19-21H,15-18H2,1-4H3,(H2,37,38,43). The first-order valence-corrected chi connectivity index (χ1v) is 15.8. The molecule has 224 valence electrons. The predicted molar refractivity (Wildman–Crippen MR) is 178 cm³/mol. The van der Waals surface area contributed by atoms with Gasteiger partial charge >= 0.3 is 6.03 Å². The van der Waals surface area contributed by atoms with E-state index in [4.69, 9.17) is 5.10 Å². The molecule has 0 aliphatic carbocycles. The monoisotopic (exact) mass is 605 g/mol. The number of anilines is 2. The molecule has 5 aromatic rings. The van der Waals surface area contributed by atoms with Gasteiger partial charge in [-0.2, -0.15) is 16.9 Å². The lowest BCUT2D eigenvalue weighted by molar-refractivity contribution is 0.0766. The number of rotatable bonds is 5. The van der Waals surface area contributed by atoms with Crippen LogP contribution in [-0.2, 0) is 5.41 Å². The Morgan fingerprint density at radius 1 is 0.864 bits per heavy atom. The zero-order valence-corrected chi connectivity index (χ0v) is 26.1. The Balaban J connectivity index is 1.25. The van der Waals surface area contributed by atoms with Crippen LogP contribution in [-0.4, -0.2) is 61.2 Å². The minimum Gasteiger partial charge on any atom is -0.336 e. The van der Waals surface area contributed by atoms with Crippen LogP contribution in [0.1, 0.15) is 42.6 Å². The van der Waals surface area contributed by atoms with E-state index in [1.54, 1.807) is 23.1 Å². The van der Waals surface area contributed by atoms with Gasteiger partial charge in [-0.05, 0) is 42.1 Å². The number of carbonyl (C=O) groups is 2. The largest absolute Gasteiger partial charge is 0.336 e. The van der Waals surface area contributed by atoms with Crippen LogP contribution in [0.5, 0.6) is 0 Å².